The Bertz CT molecular complexity index is 4890. The predicted octanol–water partition coefficient (Wildman–Crippen LogP) is 17.8. The van der Waals surface area contributed by atoms with Gasteiger partial charge in [0.05, 0.1) is 0 Å². The van der Waals surface area contributed by atoms with Crippen molar-refractivity contribution in [1.29, 1.82) is 0 Å². The lowest BCUT2D eigenvalue weighted by Crippen LogP contribution is -2.02. The molecule has 5 heterocycles. The lowest BCUT2D eigenvalue weighted by Gasteiger charge is -2.05. The second-order valence-electron chi connectivity index (χ2n) is 19.8. The summed E-state index contributed by atoms with van der Waals surface area (Å²) in [7, 11) is 0. The summed E-state index contributed by atoms with van der Waals surface area (Å²) in [5, 5.41) is 83.5. The van der Waals surface area contributed by atoms with Gasteiger partial charge in [-0.15, -0.1) is 102 Å². The third-order valence-corrected chi connectivity index (χ3v) is 20.7. The molecule has 0 unspecified atom stereocenters. The van der Waals surface area contributed by atoms with Crippen LogP contribution in [0.15, 0.2) is 255 Å². The fourth-order valence-electron chi connectivity index (χ4n) is 8.58. The Balaban J connectivity index is 0.000000124. The molecule has 28 heteroatoms. The fourth-order valence-corrected chi connectivity index (χ4v) is 15.1. The molecule has 0 atom stereocenters. The smallest absolute Gasteiger partial charge is 0.126 e. The summed E-state index contributed by atoms with van der Waals surface area (Å²) < 4.78 is 8.67. The Morgan fingerprint density at radius 1 is 0.133 bits per heavy atom. The minimum atomic E-state index is 0.537. The Morgan fingerprint density at radius 3 is 0.480 bits per heavy atom. The van der Waals surface area contributed by atoms with Crippen LogP contribution in [-0.2, 0) is 0 Å². The molecule has 0 saturated carbocycles. The van der Waals surface area contributed by atoms with Crippen molar-refractivity contribution in [3.63, 3.8) is 0 Å². The number of hydrogen-bond donors (Lipinski definition) is 0. The van der Waals surface area contributed by atoms with Gasteiger partial charge in [0, 0.05) is 84.2 Å². The third-order valence-electron chi connectivity index (χ3n) is 13.4. The van der Waals surface area contributed by atoms with E-state index < -0.39 is 0 Å². The minimum absolute atomic E-state index is 0.537. The van der Waals surface area contributed by atoms with E-state index in [2.05, 4.69) is 283 Å². The molecule has 10 aromatic carbocycles. The zero-order valence-corrected chi connectivity index (χ0v) is 67.5. The van der Waals surface area contributed by atoms with Crippen LogP contribution in [0, 0.1) is 28.6 Å². The Hall–Kier alpha value is -7.26. The summed E-state index contributed by atoms with van der Waals surface area (Å²) in [5.74, 6) is 5.44. The van der Waals surface area contributed by atoms with Gasteiger partial charge in [0.15, 0.2) is 0 Å². The largest absolute Gasteiger partial charge is 0.205 e. The normalized spacial score (nSPS) is 10.4. The van der Waals surface area contributed by atoms with Crippen molar-refractivity contribution < 1.29 is 0 Å². The van der Waals surface area contributed by atoms with Crippen molar-refractivity contribution >= 4 is 181 Å². The van der Waals surface area contributed by atoms with E-state index in [1.54, 1.807) is 0 Å². The van der Waals surface area contributed by atoms with E-state index in [-0.39, 0.29) is 0 Å². The van der Waals surface area contributed by atoms with Crippen molar-refractivity contribution in [3.8, 4) is 114 Å². The van der Waals surface area contributed by atoms with Crippen LogP contribution in [0.25, 0.3) is 114 Å². The molecule has 0 bridgehead atoms. The van der Waals surface area contributed by atoms with E-state index in [1.807, 2.05) is 255 Å². The Kier molecular flexibility index (Phi) is 27.0. The molecule has 5 aromatic heterocycles. The molecule has 0 fully saturated rings. The quantitative estimate of drug-likeness (QED) is 0.115. The predicted molar refractivity (Wildman–Crippen MR) is 444 cm³/mol. The first-order chi connectivity index (χ1) is 47.9. The topological polar surface area (TPSA) is 258 Å². The molecule has 15 aromatic rings. The average molecular weight is 2180 g/mol. The zero-order valence-electron chi connectivity index (χ0n) is 50.2. The molecule has 0 saturated heterocycles. The molecule has 0 aliphatic carbocycles. The Morgan fingerprint density at radius 2 is 0.286 bits per heavy atom. The lowest BCUT2D eigenvalue weighted by molar-refractivity contribution is 0.874. The highest BCUT2D eigenvalue weighted by Crippen LogP contribution is 2.31. The molecular weight excluding hydrogens is 2140 g/mol. The SMILES string of the molecule is Ic1cccc(I)c1-c1nnc(-c2ccccc2)nn1.Ic1ccccc1-c1nnc(-c2c(I)cccc2I)nn1.Ic1ccccc1-c1nnc(-c2ccccc2)nn1.Ic1ccccc1-c1nnc(-c2ccccc2I)nn1.c1ccc(-c2nnc(-c3ccccc3)nn2)cc1. The molecule has 0 aliphatic rings. The fraction of sp³-hybridized carbons (Fsp3) is 0. The molecule has 15 rings (SSSR count). The van der Waals surface area contributed by atoms with Crippen LogP contribution in [0.1, 0.15) is 0 Å². The van der Waals surface area contributed by atoms with Crippen LogP contribution in [-0.4, -0.2) is 102 Å². The van der Waals surface area contributed by atoms with Crippen LogP contribution in [0.3, 0.4) is 0 Å². The van der Waals surface area contributed by atoms with Crippen LogP contribution in [0.4, 0.5) is 0 Å². The van der Waals surface area contributed by atoms with Gasteiger partial charge in [0.25, 0.3) is 0 Å². The van der Waals surface area contributed by atoms with E-state index >= 15 is 0 Å². The summed E-state index contributed by atoms with van der Waals surface area (Å²) in [6.07, 6.45) is 0. The van der Waals surface area contributed by atoms with Gasteiger partial charge >= 0.3 is 0 Å². The molecule has 98 heavy (non-hydrogen) atoms. The zero-order chi connectivity index (χ0) is 68.0. The van der Waals surface area contributed by atoms with Gasteiger partial charge in [0.2, 0.25) is 58.2 Å². The molecule has 20 nitrogen and oxygen atoms in total. The van der Waals surface area contributed by atoms with Gasteiger partial charge in [-0.3, -0.25) is 0 Å². The van der Waals surface area contributed by atoms with Crippen molar-refractivity contribution in [2.24, 2.45) is 0 Å². The van der Waals surface area contributed by atoms with Gasteiger partial charge in [-0.2, -0.15) is 0 Å². The second kappa shape index (κ2) is 36.7. The molecule has 0 amide bonds. The molecule has 0 N–H and O–H groups in total. The maximum Gasteiger partial charge on any atom is 0.205 e. The van der Waals surface area contributed by atoms with Gasteiger partial charge in [-0.1, -0.05) is 182 Å². The monoisotopic (exact) mass is 2180 g/mol. The van der Waals surface area contributed by atoms with E-state index in [4.69, 9.17) is 0 Å². The first kappa shape index (κ1) is 72.0. The van der Waals surface area contributed by atoms with E-state index in [0.29, 0.717) is 58.2 Å². The molecule has 0 spiro atoms. The first-order valence-corrected chi connectivity index (χ1v) is 37.6. The number of aromatic nitrogens is 20. The number of hydrogen-bond acceptors (Lipinski definition) is 20. The van der Waals surface area contributed by atoms with E-state index in [1.165, 1.54) is 0 Å². The first-order valence-electron chi connectivity index (χ1n) is 28.9. The number of halogens is 8. The standard InChI is InChI=1S/C14H7I3N4.2C14H8I2N4.C14H9IN4.C14H10N4/c15-9-5-2-1-4-8(9)13-18-20-14(21-19-13)12-10(16)6-3-7-11(12)17;15-11-7-3-1-5-9(11)13-17-19-14(20-18-13)10-6-2-4-8-12(10)16;15-10-7-4-8-11(16)12(10)14-19-17-13(18-20-14)9-5-2-1-3-6-9;15-12-9-5-4-8-11(12)14-18-16-13(17-19-14)10-6-2-1-3-7-10;1-3-7-11(8-4-1)13-15-17-14(18-16-13)12-9-5-2-6-10-12/h1-7H;2*1-8H;1-9H;1-10H. The van der Waals surface area contributed by atoms with Crippen LogP contribution < -0.4 is 0 Å². The van der Waals surface area contributed by atoms with Gasteiger partial charge in [-0.05, 0) is 254 Å². The minimum Gasteiger partial charge on any atom is -0.126 e. The highest BCUT2D eigenvalue weighted by molar-refractivity contribution is 14.1. The second-order valence-corrected chi connectivity index (χ2v) is 29.1. The lowest BCUT2D eigenvalue weighted by atomic mass is 10.2. The van der Waals surface area contributed by atoms with E-state index in [0.717, 1.165) is 84.2 Å². The maximum atomic E-state index is 4.25. The molecular formula is C70H42I8N20. The highest BCUT2D eigenvalue weighted by atomic mass is 127. The van der Waals surface area contributed by atoms with Crippen molar-refractivity contribution in [3.05, 3.63) is 283 Å². The summed E-state index contributed by atoms with van der Waals surface area (Å²) in [6.45, 7) is 0. The molecule has 0 radical (unpaired) electrons. The maximum absolute atomic E-state index is 4.25. The summed E-state index contributed by atoms with van der Waals surface area (Å²) in [5.41, 5.74) is 9.40. The van der Waals surface area contributed by atoms with E-state index in [9.17, 15) is 0 Å². The average Bonchev–Trinajstić information content (AvgIpc) is 0.997. The van der Waals surface area contributed by atoms with Crippen LogP contribution >= 0.6 is 181 Å². The highest BCUT2D eigenvalue weighted by Gasteiger charge is 2.17. The van der Waals surface area contributed by atoms with Gasteiger partial charge < -0.3 is 0 Å². The molecule has 0 aliphatic heterocycles. The van der Waals surface area contributed by atoms with Crippen molar-refractivity contribution in [2.45, 2.75) is 0 Å². The third kappa shape index (κ3) is 19.6. The number of rotatable bonds is 10. The number of benzene rings is 10. The summed E-state index contributed by atoms with van der Waals surface area (Å²) in [4.78, 5) is 0. The summed E-state index contributed by atoms with van der Waals surface area (Å²) in [6, 6.07) is 82.5. The molecule has 478 valence electrons. The van der Waals surface area contributed by atoms with Gasteiger partial charge in [0.1, 0.15) is 0 Å². The number of nitrogens with zero attached hydrogens (tertiary/aromatic N) is 20. The van der Waals surface area contributed by atoms with Crippen molar-refractivity contribution in [1.82, 2.24) is 102 Å². The van der Waals surface area contributed by atoms with Crippen LogP contribution in [0.2, 0.25) is 0 Å². The van der Waals surface area contributed by atoms with Crippen LogP contribution in [0.5, 0.6) is 0 Å². The summed E-state index contributed by atoms with van der Waals surface area (Å²) >= 11 is 18.1. The Labute approximate surface area is 670 Å². The van der Waals surface area contributed by atoms with Gasteiger partial charge in [-0.25, -0.2) is 0 Å². The van der Waals surface area contributed by atoms with Crippen molar-refractivity contribution in [2.75, 3.05) is 0 Å².